The maximum Gasteiger partial charge on any atom is 0.308 e. The molecular formula is C35H68O4. The van der Waals surface area contributed by atoms with Gasteiger partial charge in [0.1, 0.15) is 0 Å². The fourth-order valence-electron chi connectivity index (χ4n) is 5.31. The summed E-state index contributed by atoms with van der Waals surface area (Å²) in [4.78, 5) is 24.5. The predicted octanol–water partition coefficient (Wildman–Crippen LogP) is 11.0. The Bertz CT molecular complexity index is 547. The van der Waals surface area contributed by atoms with Crippen LogP contribution in [0.25, 0.3) is 0 Å². The third-order valence-corrected chi connectivity index (χ3v) is 8.54. The number of esters is 2. The largest absolute Gasteiger partial charge is 0.465 e. The van der Waals surface area contributed by atoms with Gasteiger partial charge >= 0.3 is 11.9 Å². The first-order chi connectivity index (χ1) is 19.0. The van der Waals surface area contributed by atoms with E-state index >= 15 is 0 Å². The van der Waals surface area contributed by atoms with Crippen LogP contribution in [0.15, 0.2) is 0 Å². The smallest absolute Gasteiger partial charge is 0.308 e. The standard InChI is InChI=1S/C35H68O4/c1-6-11-25-31(8-3)29-38-34(36)28-24-22-20-18-16-14-13-15-17-19-21-23-27-33(10-5)35(37)39-30-32(9-4)26-12-7-2/h31-33H,6-30H2,1-5H3. The van der Waals surface area contributed by atoms with E-state index in [-0.39, 0.29) is 17.9 Å². The monoisotopic (exact) mass is 553 g/mol. The molecule has 0 fully saturated rings. The molecule has 0 radical (unpaired) electrons. The lowest BCUT2D eigenvalue weighted by molar-refractivity contribution is -0.150. The van der Waals surface area contributed by atoms with Crippen molar-refractivity contribution in [1.82, 2.24) is 0 Å². The molecule has 0 heterocycles. The molecule has 0 rings (SSSR count). The van der Waals surface area contributed by atoms with Crippen LogP contribution < -0.4 is 0 Å². The molecule has 0 aliphatic carbocycles. The summed E-state index contributed by atoms with van der Waals surface area (Å²) in [6, 6.07) is 0. The van der Waals surface area contributed by atoms with Crippen molar-refractivity contribution in [2.24, 2.45) is 17.8 Å². The zero-order chi connectivity index (χ0) is 29.0. The number of rotatable bonds is 29. The molecule has 0 N–H and O–H groups in total. The molecule has 39 heavy (non-hydrogen) atoms. The van der Waals surface area contributed by atoms with E-state index < -0.39 is 0 Å². The van der Waals surface area contributed by atoms with E-state index in [9.17, 15) is 9.59 Å². The Morgan fingerprint density at radius 2 is 0.923 bits per heavy atom. The molecule has 0 aromatic rings. The van der Waals surface area contributed by atoms with Crippen molar-refractivity contribution in [3.8, 4) is 0 Å². The minimum atomic E-state index is -0.00184. The molecule has 0 aromatic carbocycles. The van der Waals surface area contributed by atoms with Crippen LogP contribution in [0.1, 0.15) is 182 Å². The Balaban J connectivity index is 3.58. The summed E-state index contributed by atoms with van der Waals surface area (Å²) in [5.41, 5.74) is 0. The maximum atomic E-state index is 12.5. The third kappa shape index (κ3) is 23.4. The van der Waals surface area contributed by atoms with Gasteiger partial charge in [0.05, 0.1) is 19.1 Å². The molecule has 4 heteroatoms. The van der Waals surface area contributed by atoms with Crippen LogP contribution in [-0.2, 0) is 19.1 Å². The van der Waals surface area contributed by atoms with Gasteiger partial charge in [-0.25, -0.2) is 0 Å². The molecule has 3 atom stereocenters. The average molecular weight is 553 g/mol. The highest BCUT2D eigenvalue weighted by Gasteiger charge is 2.19. The summed E-state index contributed by atoms with van der Waals surface area (Å²) in [5.74, 6) is 1.19. The molecule has 0 amide bonds. The number of ether oxygens (including phenoxy) is 2. The first-order valence-corrected chi connectivity index (χ1v) is 17.3. The van der Waals surface area contributed by atoms with Gasteiger partial charge in [-0.1, -0.05) is 144 Å². The molecule has 0 aliphatic heterocycles. The van der Waals surface area contributed by atoms with Crippen LogP contribution in [-0.4, -0.2) is 25.2 Å². The Labute approximate surface area is 244 Å². The highest BCUT2D eigenvalue weighted by atomic mass is 16.5. The zero-order valence-corrected chi connectivity index (χ0v) is 27.0. The molecule has 232 valence electrons. The zero-order valence-electron chi connectivity index (χ0n) is 27.0. The van der Waals surface area contributed by atoms with Gasteiger partial charge in [0.25, 0.3) is 0 Å². The van der Waals surface area contributed by atoms with Crippen molar-refractivity contribution in [3.05, 3.63) is 0 Å². The lowest BCUT2D eigenvalue weighted by atomic mass is 9.97. The molecule has 0 saturated heterocycles. The molecule has 0 aliphatic rings. The highest BCUT2D eigenvalue weighted by molar-refractivity contribution is 5.72. The fourth-order valence-corrected chi connectivity index (χ4v) is 5.31. The first kappa shape index (κ1) is 37.9. The number of hydrogen-bond donors (Lipinski definition) is 0. The number of hydrogen-bond acceptors (Lipinski definition) is 4. The van der Waals surface area contributed by atoms with Gasteiger partial charge < -0.3 is 9.47 Å². The molecule has 0 saturated carbocycles. The van der Waals surface area contributed by atoms with E-state index in [1.54, 1.807) is 0 Å². The van der Waals surface area contributed by atoms with Gasteiger partial charge in [0.2, 0.25) is 0 Å². The van der Waals surface area contributed by atoms with E-state index in [0.717, 1.165) is 44.9 Å². The summed E-state index contributed by atoms with van der Waals surface area (Å²) in [5, 5.41) is 0. The molecule has 0 aromatic heterocycles. The van der Waals surface area contributed by atoms with Crippen LogP contribution in [0.2, 0.25) is 0 Å². The van der Waals surface area contributed by atoms with Crippen LogP contribution in [0.5, 0.6) is 0 Å². The second-order valence-corrected chi connectivity index (χ2v) is 12.0. The molecule has 4 nitrogen and oxygen atoms in total. The van der Waals surface area contributed by atoms with Gasteiger partial charge in [0, 0.05) is 6.42 Å². The Hall–Kier alpha value is -1.06. The van der Waals surface area contributed by atoms with Crippen molar-refractivity contribution in [1.29, 1.82) is 0 Å². The summed E-state index contributed by atoms with van der Waals surface area (Å²) in [6.07, 6.45) is 26.8. The van der Waals surface area contributed by atoms with Crippen LogP contribution in [0, 0.1) is 17.8 Å². The van der Waals surface area contributed by atoms with E-state index in [2.05, 4.69) is 34.6 Å². The number of unbranched alkanes of at least 4 members (excludes halogenated alkanes) is 13. The number of carbonyl (C=O) groups excluding carboxylic acids is 2. The Morgan fingerprint density at radius 1 is 0.487 bits per heavy atom. The number of carbonyl (C=O) groups is 2. The minimum absolute atomic E-state index is 0.00184. The average Bonchev–Trinajstić information content (AvgIpc) is 2.95. The summed E-state index contributed by atoms with van der Waals surface area (Å²) in [7, 11) is 0. The third-order valence-electron chi connectivity index (χ3n) is 8.54. The van der Waals surface area contributed by atoms with Gasteiger partial charge in [-0.15, -0.1) is 0 Å². The van der Waals surface area contributed by atoms with Crippen molar-refractivity contribution >= 4 is 11.9 Å². The Kier molecular flexibility index (Phi) is 27.7. The SMILES string of the molecule is CCCCC(CC)COC(=O)CCCCCCCCCCCCCCC(CC)C(=O)OCC(CC)CCCC. The van der Waals surface area contributed by atoms with Crippen molar-refractivity contribution < 1.29 is 19.1 Å². The van der Waals surface area contributed by atoms with Crippen molar-refractivity contribution in [3.63, 3.8) is 0 Å². The highest BCUT2D eigenvalue weighted by Crippen LogP contribution is 2.20. The van der Waals surface area contributed by atoms with Gasteiger partial charge in [0.15, 0.2) is 0 Å². The summed E-state index contributed by atoms with van der Waals surface area (Å²) in [6.45, 7) is 12.2. The second kappa shape index (κ2) is 28.5. The fraction of sp³-hybridized carbons (Fsp3) is 0.943. The molecule has 0 bridgehead atoms. The lowest BCUT2D eigenvalue weighted by Gasteiger charge is -2.18. The lowest BCUT2D eigenvalue weighted by Crippen LogP contribution is -2.21. The maximum absolute atomic E-state index is 12.5. The normalized spacial score (nSPS) is 13.7. The van der Waals surface area contributed by atoms with Gasteiger partial charge in [-0.05, 0) is 43.9 Å². The van der Waals surface area contributed by atoms with Crippen molar-refractivity contribution in [2.45, 2.75) is 182 Å². The topological polar surface area (TPSA) is 52.6 Å². The van der Waals surface area contributed by atoms with E-state index in [1.807, 2.05) is 0 Å². The van der Waals surface area contributed by atoms with E-state index in [1.165, 1.54) is 96.3 Å². The van der Waals surface area contributed by atoms with E-state index in [0.29, 0.717) is 31.5 Å². The molecule has 0 spiro atoms. The molecular weight excluding hydrogens is 484 g/mol. The Morgan fingerprint density at radius 3 is 1.36 bits per heavy atom. The second-order valence-electron chi connectivity index (χ2n) is 12.0. The van der Waals surface area contributed by atoms with Crippen LogP contribution in [0.3, 0.4) is 0 Å². The quantitative estimate of drug-likeness (QED) is 0.0684. The van der Waals surface area contributed by atoms with Crippen LogP contribution in [0.4, 0.5) is 0 Å². The van der Waals surface area contributed by atoms with Crippen molar-refractivity contribution in [2.75, 3.05) is 13.2 Å². The first-order valence-electron chi connectivity index (χ1n) is 17.3. The predicted molar refractivity (Wildman–Crippen MR) is 167 cm³/mol. The summed E-state index contributed by atoms with van der Waals surface area (Å²) >= 11 is 0. The van der Waals surface area contributed by atoms with E-state index in [4.69, 9.17) is 9.47 Å². The molecule has 3 unspecified atom stereocenters. The minimum Gasteiger partial charge on any atom is -0.465 e. The van der Waals surface area contributed by atoms with Gasteiger partial charge in [-0.3, -0.25) is 9.59 Å². The summed E-state index contributed by atoms with van der Waals surface area (Å²) < 4.78 is 11.2. The van der Waals surface area contributed by atoms with Gasteiger partial charge in [-0.2, -0.15) is 0 Å². The van der Waals surface area contributed by atoms with Crippen LogP contribution >= 0.6 is 0 Å².